The summed E-state index contributed by atoms with van der Waals surface area (Å²) < 4.78 is 0. The van der Waals surface area contributed by atoms with Crippen molar-refractivity contribution in [3.05, 3.63) is 216 Å². The molecule has 0 saturated heterocycles. The van der Waals surface area contributed by atoms with E-state index in [0.717, 1.165) is 106 Å². The van der Waals surface area contributed by atoms with E-state index in [1.807, 2.05) is 47.9 Å². The van der Waals surface area contributed by atoms with E-state index in [1.165, 1.54) is 11.1 Å². The monoisotopic (exact) mass is 856 g/mol. The van der Waals surface area contributed by atoms with Gasteiger partial charge in [-0.2, -0.15) is 0 Å². The number of nitrogens with one attached hydrogen (secondary N) is 2. The van der Waals surface area contributed by atoms with Crippen molar-refractivity contribution < 1.29 is 9.59 Å². The molecule has 0 radical (unpaired) electrons. The smallest absolute Gasteiger partial charge is 0.231 e. The van der Waals surface area contributed by atoms with Crippen molar-refractivity contribution in [2.24, 2.45) is 0 Å². The lowest BCUT2D eigenvalue weighted by Crippen LogP contribution is -2.25. The van der Waals surface area contributed by atoms with Crippen molar-refractivity contribution in [1.29, 1.82) is 0 Å². The van der Waals surface area contributed by atoms with Gasteiger partial charge in [0.1, 0.15) is 0 Å². The molecule has 0 atom stereocenters. The van der Waals surface area contributed by atoms with Crippen LogP contribution in [0, 0.1) is 0 Å². The summed E-state index contributed by atoms with van der Waals surface area (Å²) in [6.45, 7) is 3.85. The quantitative estimate of drug-likeness (QED) is 0.170. The Morgan fingerprint density at radius 3 is 0.894 bits per heavy atom. The molecule has 2 amide bonds. The zero-order chi connectivity index (χ0) is 44.7. The van der Waals surface area contributed by atoms with Crippen LogP contribution in [0.15, 0.2) is 194 Å². The van der Waals surface area contributed by atoms with Gasteiger partial charge in [-0.3, -0.25) is 19.4 Å². The maximum atomic E-state index is 14.2. The summed E-state index contributed by atoms with van der Waals surface area (Å²) in [7, 11) is 0. The Kier molecular flexibility index (Phi) is 10.5. The van der Waals surface area contributed by atoms with Gasteiger partial charge in [0, 0.05) is 78.7 Å². The Hall–Kier alpha value is -8.22. The Bertz CT molecular complexity index is 3120. The van der Waals surface area contributed by atoms with Gasteiger partial charge in [-0.05, 0) is 83.6 Å². The molecule has 0 aromatic heterocycles. The molecule has 0 spiro atoms. The average molecular weight is 857 g/mol. The predicted molar refractivity (Wildman–Crippen MR) is 276 cm³/mol. The molecule has 10 aromatic carbocycles. The summed E-state index contributed by atoms with van der Waals surface area (Å²) in [5.41, 5.74) is 12.0. The minimum atomic E-state index is 0.0169. The summed E-state index contributed by atoms with van der Waals surface area (Å²) in [5.74, 6) is 0.0337. The van der Waals surface area contributed by atoms with Gasteiger partial charge >= 0.3 is 0 Å². The van der Waals surface area contributed by atoms with Crippen molar-refractivity contribution in [2.45, 2.75) is 39.5 Å². The lowest BCUT2D eigenvalue weighted by molar-refractivity contribution is -0.118. The van der Waals surface area contributed by atoms with Gasteiger partial charge in [-0.25, -0.2) is 0 Å². The second-order valence-electron chi connectivity index (χ2n) is 17.1. The normalized spacial score (nSPS) is 12.7. The third kappa shape index (κ3) is 7.27. The van der Waals surface area contributed by atoms with E-state index in [4.69, 9.17) is 0 Å². The molecule has 0 saturated carbocycles. The first-order valence-electron chi connectivity index (χ1n) is 22.9. The third-order valence-electron chi connectivity index (χ3n) is 13.0. The number of hydrogen-bond acceptors (Lipinski definition) is 4. The van der Waals surface area contributed by atoms with Crippen LogP contribution in [0.1, 0.15) is 48.9 Å². The Morgan fingerprint density at radius 2 is 0.621 bits per heavy atom. The minimum Gasteiger partial charge on any atom is -0.355 e. The van der Waals surface area contributed by atoms with Crippen LogP contribution >= 0.6 is 0 Å². The van der Waals surface area contributed by atoms with Gasteiger partial charge in [-0.15, -0.1) is 0 Å². The molecule has 6 nitrogen and oxygen atoms in total. The average Bonchev–Trinajstić information content (AvgIpc) is 3.37. The van der Waals surface area contributed by atoms with Gasteiger partial charge in [0.2, 0.25) is 11.8 Å². The van der Waals surface area contributed by atoms with E-state index >= 15 is 0 Å². The third-order valence-corrected chi connectivity index (χ3v) is 13.0. The van der Waals surface area contributed by atoms with Crippen molar-refractivity contribution in [1.82, 2.24) is 0 Å². The summed E-state index contributed by atoms with van der Waals surface area (Å²) in [6.07, 6.45) is 2.16. The fourth-order valence-electron chi connectivity index (χ4n) is 9.77. The number of rotatable bonds is 2. The fourth-order valence-corrected chi connectivity index (χ4v) is 9.77. The molecule has 2 N–H and O–H groups in total. The maximum absolute atomic E-state index is 14.2. The zero-order valence-electron chi connectivity index (χ0n) is 37.0. The van der Waals surface area contributed by atoms with Crippen LogP contribution in [0.3, 0.4) is 0 Å². The molecule has 0 aliphatic carbocycles. The molecule has 10 aromatic rings. The van der Waals surface area contributed by atoms with E-state index in [-0.39, 0.29) is 11.8 Å². The van der Waals surface area contributed by atoms with E-state index < -0.39 is 0 Å². The number of nitrogens with zero attached hydrogens (tertiary/aromatic N) is 2. The second kappa shape index (κ2) is 17.1. The fraction of sp³-hybridized carbons (Fsp3) is 0.100. The molecule has 66 heavy (non-hydrogen) atoms. The van der Waals surface area contributed by atoms with E-state index in [0.29, 0.717) is 19.3 Å². The summed E-state index contributed by atoms with van der Waals surface area (Å²) in [4.78, 5) is 32.2. The van der Waals surface area contributed by atoms with Crippen molar-refractivity contribution in [2.75, 3.05) is 20.4 Å². The number of fused-ring (bicyclic) bond motifs is 2. The van der Waals surface area contributed by atoms with Crippen LogP contribution in [0.2, 0.25) is 0 Å². The SMILES string of the molecule is CCC(=O)N1c2ccc(cc2)Cc2ccc(cc2)N(C(=O)CC)c2c3ccccc3c(c3ccccc23)Nc2ccc(cc2)Cc2ccc(cc2)Nc2c3ccccc3c1c1ccccc21. The first-order valence-corrected chi connectivity index (χ1v) is 22.9. The standard InChI is InChI=1S/C60H48N4O2/c1-3-55(65)63-45-33-25-41(26-34-45)38-42-27-35-46(36-28-42)64(56(66)4-2)60-53-19-11-7-15-49(53)58(50-16-8-12-20-54(50)60)62-44-31-23-40(24-32-44)37-39-21-29-43(30-22-39)61-57-47-13-5-9-17-51(47)59(63)52-18-10-6-14-48(52)57/h5-36,61-62H,3-4,37-38H2,1-2H3. The highest BCUT2D eigenvalue weighted by Gasteiger charge is 2.26. The topological polar surface area (TPSA) is 64.7 Å². The molecule has 17 rings (SSSR count). The zero-order valence-corrected chi connectivity index (χ0v) is 37.0. The van der Waals surface area contributed by atoms with Gasteiger partial charge < -0.3 is 10.6 Å². The Labute approximate surface area is 384 Å². The summed E-state index contributed by atoms with van der Waals surface area (Å²) in [6, 6.07) is 67.7. The van der Waals surface area contributed by atoms with Crippen LogP contribution in [0.5, 0.6) is 0 Å². The molecular formula is C60H48N4O2. The first kappa shape index (κ1) is 40.5. The van der Waals surface area contributed by atoms with Crippen LogP contribution in [0.4, 0.5) is 45.5 Å². The number of carbonyl (C=O) groups is 2. The molecule has 6 heteroatoms. The van der Waals surface area contributed by atoms with E-state index in [1.54, 1.807) is 0 Å². The van der Waals surface area contributed by atoms with Gasteiger partial charge in [-0.1, -0.05) is 159 Å². The van der Waals surface area contributed by atoms with E-state index in [9.17, 15) is 9.59 Å². The summed E-state index contributed by atoms with van der Waals surface area (Å²) >= 11 is 0. The van der Waals surface area contributed by atoms with Gasteiger partial charge in [0.05, 0.1) is 22.7 Å². The Balaban J connectivity index is 1.08. The predicted octanol–water partition coefficient (Wildman–Crippen LogP) is 15.4. The molecule has 0 fully saturated rings. The van der Waals surface area contributed by atoms with E-state index in [2.05, 4.69) is 180 Å². The highest BCUT2D eigenvalue weighted by atomic mass is 16.2. The highest BCUT2D eigenvalue weighted by Crippen LogP contribution is 2.47. The maximum Gasteiger partial charge on any atom is 0.231 e. The van der Waals surface area contributed by atoms with Crippen LogP contribution in [0.25, 0.3) is 43.1 Å². The molecule has 320 valence electrons. The summed E-state index contributed by atoms with van der Waals surface area (Å²) in [5, 5.41) is 15.7. The van der Waals surface area contributed by atoms with Gasteiger partial charge in [0.15, 0.2) is 0 Å². The molecule has 0 unspecified atom stereocenters. The second-order valence-corrected chi connectivity index (χ2v) is 17.1. The van der Waals surface area contributed by atoms with Crippen LogP contribution < -0.4 is 20.4 Å². The number of hydrogen-bond donors (Lipinski definition) is 2. The van der Waals surface area contributed by atoms with Crippen LogP contribution in [-0.4, -0.2) is 11.8 Å². The minimum absolute atomic E-state index is 0.0169. The molecule has 7 heterocycles. The van der Waals surface area contributed by atoms with Gasteiger partial charge in [0.25, 0.3) is 0 Å². The van der Waals surface area contributed by atoms with Crippen molar-refractivity contribution >= 4 is 100 Å². The highest BCUT2D eigenvalue weighted by molar-refractivity contribution is 6.26. The lowest BCUT2D eigenvalue weighted by atomic mass is 9.96. The largest absolute Gasteiger partial charge is 0.355 e. The molecule has 12 bridgehead atoms. The molecular weight excluding hydrogens is 809 g/mol. The van der Waals surface area contributed by atoms with Crippen molar-refractivity contribution in [3.8, 4) is 0 Å². The number of anilines is 8. The Morgan fingerprint density at radius 1 is 0.364 bits per heavy atom. The molecule has 7 aliphatic heterocycles. The number of benzene rings is 10. The lowest BCUT2D eigenvalue weighted by Gasteiger charge is -2.28. The number of amides is 2. The number of carbonyl (C=O) groups excluding carboxylic acids is 2. The molecule has 7 aliphatic rings. The first-order chi connectivity index (χ1) is 32.4. The van der Waals surface area contributed by atoms with Crippen LogP contribution in [-0.2, 0) is 22.4 Å². The van der Waals surface area contributed by atoms with Crippen molar-refractivity contribution in [3.63, 3.8) is 0 Å².